The van der Waals surface area contributed by atoms with E-state index < -0.39 is 5.97 Å². The van der Waals surface area contributed by atoms with Gasteiger partial charge in [0.1, 0.15) is 5.75 Å². The summed E-state index contributed by atoms with van der Waals surface area (Å²) in [7, 11) is 0. The van der Waals surface area contributed by atoms with Gasteiger partial charge in [-0.05, 0) is 44.2 Å². The van der Waals surface area contributed by atoms with Gasteiger partial charge in [0.2, 0.25) is 0 Å². The minimum Gasteiger partial charge on any atom is -0.490 e. The second-order valence-electron chi connectivity index (χ2n) is 5.07. The van der Waals surface area contributed by atoms with E-state index in [9.17, 15) is 4.79 Å². The third-order valence-corrected chi connectivity index (χ3v) is 3.21. The van der Waals surface area contributed by atoms with Crippen molar-refractivity contribution in [2.24, 2.45) is 5.10 Å². The fourth-order valence-electron chi connectivity index (χ4n) is 1.88. The second-order valence-corrected chi connectivity index (χ2v) is 5.48. The van der Waals surface area contributed by atoms with E-state index in [4.69, 9.17) is 21.4 Å². The molecule has 0 amide bonds. The number of anilines is 1. The van der Waals surface area contributed by atoms with Crippen molar-refractivity contribution < 1.29 is 14.6 Å². The third-order valence-electron chi connectivity index (χ3n) is 2.88. The number of hydrazone groups is 1. The number of carbonyl (C=O) groups is 1. The molecule has 0 aromatic heterocycles. The average molecular weight is 333 g/mol. The van der Waals surface area contributed by atoms with Crippen LogP contribution < -0.4 is 10.2 Å². The monoisotopic (exact) mass is 332 g/mol. The van der Waals surface area contributed by atoms with Gasteiger partial charge in [0.15, 0.2) is 0 Å². The summed E-state index contributed by atoms with van der Waals surface area (Å²) in [5.41, 5.74) is 4.16. The van der Waals surface area contributed by atoms with Gasteiger partial charge in [0.25, 0.3) is 0 Å². The van der Waals surface area contributed by atoms with Gasteiger partial charge in [0, 0.05) is 5.56 Å². The summed E-state index contributed by atoms with van der Waals surface area (Å²) in [6, 6.07) is 12.1. The van der Waals surface area contributed by atoms with Crippen LogP contribution in [0.1, 0.15) is 29.8 Å². The lowest BCUT2D eigenvalue weighted by molar-refractivity contribution is 0.0697. The number of benzene rings is 2. The van der Waals surface area contributed by atoms with Crippen molar-refractivity contribution in [3.05, 3.63) is 58.6 Å². The highest BCUT2D eigenvalue weighted by atomic mass is 35.5. The Morgan fingerprint density at radius 1 is 1.30 bits per heavy atom. The van der Waals surface area contributed by atoms with Gasteiger partial charge in [-0.25, -0.2) is 4.79 Å². The van der Waals surface area contributed by atoms with E-state index in [2.05, 4.69) is 10.5 Å². The molecule has 6 heteroatoms. The van der Waals surface area contributed by atoms with Gasteiger partial charge in [-0.3, -0.25) is 5.43 Å². The SMILES string of the molecule is CC(C)Oc1ccccc1/C=N\Nc1ccc(Cl)c(C(=O)O)c1. The smallest absolute Gasteiger partial charge is 0.337 e. The number of carboxylic acid groups (broad SMARTS) is 1. The zero-order valence-electron chi connectivity index (χ0n) is 12.8. The molecular formula is C17H17ClN2O3. The van der Waals surface area contributed by atoms with Gasteiger partial charge in [-0.15, -0.1) is 0 Å². The second kappa shape index (κ2) is 7.65. The van der Waals surface area contributed by atoms with Gasteiger partial charge in [-0.2, -0.15) is 5.10 Å². The highest BCUT2D eigenvalue weighted by Crippen LogP contribution is 2.21. The van der Waals surface area contributed by atoms with Crippen molar-refractivity contribution >= 4 is 29.5 Å². The van der Waals surface area contributed by atoms with E-state index in [1.165, 1.54) is 12.1 Å². The summed E-state index contributed by atoms with van der Waals surface area (Å²) in [5.74, 6) is -0.353. The number of carboxylic acids is 1. The van der Waals surface area contributed by atoms with Crippen LogP contribution in [0, 0.1) is 0 Å². The molecule has 0 unspecified atom stereocenters. The number of nitrogens with zero attached hydrogens (tertiary/aromatic N) is 1. The average Bonchev–Trinajstić information content (AvgIpc) is 2.50. The fraction of sp³-hybridized carbons (Fsp3) is 0.176. The molecule has 5 nitrogen and oxygen atoms in total. The highest BCUT2D eigenvalue weighted by molar-refractivity contribution is 6.33. The van der Waals surface area contributed by atoms with Gasteiger partial charge >= 0.3 is 5.97 Å². The number of hydrogen-bond acceptors (Lipinski definition) is 4. The summed E-state index contributed by atoms with van der Waals surface area (Å²) < 4.78 is 5.70. The standard InChI is InChI=1S/C17H17ClN2O3/c1-11(2)23-16-6-4-3-5-12(16)10-19-20-13-7-8-15(18)14(9-13)17(21)22/h3-11,20H,1-2H3,(H,21,22)/b19-10-. The maximum atomic E-state index is 11.0. The molecule has 0 saturated carbocycles. The fourth-order valence-corrected chi connectivity index (χ4v) is 2.08. The quantitative estimate of drug-likeness (QED) is 0.612. The number of para-hydroxylation sites is 1. The first-order valence-electron chi connectivity index (χ1n) is 7.05. The Kier molecular flexibility index (Phi) is 5.60. The molecule has 2 rings (SSSR count). The number of ether oxygens (including phenoxy) is 1. The van der Waals surface area contributed by atoms with Crippen LogP contribution in [0.4, 0.5) is 5.69 Å². The van der Waals surface area contributed by atoms with Crippen molar-refractivity contribution in [3.8, 4) is 5.75 Å². The summed E-state index contributed by atoms with van der Waals surface area (Å²) >= 11 is 5.83. The molecule has 2 N–H and O–H groups in total. The van der Waals surface area contributed by atoms with E-state index in [0.717, 1.165) is 11.3 Å². The predicted molar refractivity (Wildman–Crippen MR) is 91.8 cm³/mol. The number of nitrogens with one attached hydrogen (secondary N) is 1. The van der Waals surface area contributed by atoms with Crippen LogP contribution in [0.3, 0.4) is 0 Å². The molecule has 23 heavy (non-hydrogen) atoms. The summed E-state index contributed by atoms with van der Waals surface area (Å²) in [6.45, 7) is 3.90. The molecule has 0 aliphatic rings. The molecule has 0 spiro atoms. The Balaban J connectivity index is 2.14. The molecule has 0 radical (unpaired) electrons. The van der Waals surface area contributed by atoms with Crippen LogP contribution in [0.2, 0.25) is 5.02 Å². The van der Waals surface area contributed by atoms with Crippen molar-refractivity contribution in [1.82, 2.24) is 0 Å². The van der Waals surface area contributed by atoms with Crippen LogP contribution in [-0.4, -0.2) is 23.4 Å². The summed E-state index contributed by atoms with van der Waals surface area (Å²) in [4.78, 5) is 11.0. The Labute approximate surface area is 139 Å². The van der Waals surface area contributed by atoms with Crippen molar-refractivity contribution in [1.29, 1.82) is 0 Å². The van der Waals surface area contributed by atoms with Crippen LogP contribution >= 0.6 is 11.6 Å². The predicted octanol–water partition coefficient (Wildman–Crippen LogP) is 4.27. The van der Waals surface area contributed by atoms with Crippen LogP contribution in [0.15, 0.2) is 47.6 Å². The zero-order valence-corrected chi connectivity index (χ0v) is 13.5. The van der Waals surface area contributed by atoms with Crippen molar-refractivity contribution in [2.45, 2.75) is 20.0 Å². The largest absolute Gasteiger partial charge is 0.490 e. The summed E-state index contributed by atoms with van der Waals surface area (Å²) in [6.07, 6.45) is 1.68. The maximum absolute atomic E-state index is 11.0. The van der Waals surface area contributed by atoms with Gasteiger partial charge in [0.05, 0.1) is 28.6 Å². The Bertz CT molecular complexity index is 730. The lowest BCUT2D eigenvalue weighted by atomic mass is 10.2. The lowest BCUT2D eigenvalue weighted by Crippen LogP contribution is -2.07. The number of aromatic carboxylic acids is 1. The Hall–Kier alpha value is -2.53. The molecule has 0 aliphatic heterocycles. The van der Waals surface area contributed by atoms with E-state index in [1.807, 2.05) is 38.1 Å². The van der Waals surface area contributed by atoms with E-state index in [-0.39, 0.29) is 16.7 Å². The number of halogens is 1. The van der Waals surface area contributed by atoms with Crippen LogP contribution in [0.5, 0.6) is 5.75 Å². The molecule has 2 aromatic carbocycles. The normalized spacial score (nSPS) is 11.0. The zero-order chi connectivity index (χ0) is 16.8. The van der Waals surface area contributed by atoms with Crippen molar-refractivity contribution in [3.63, 3.8) is 0 Å². The first kappa shape index (κ1) is 16.8. The van der Waals surface area contributed by atoms with Gasteiger partial charge in [-0.1, -0.05) is 23.7 Å². The topological polar surface area (TPSA) is 70.9 Å². The molecule has 120 valence electrons. The first-order valence-corrected chi connectivity index (χ1v) is 7.43. The van der Waals surface area contributed by atoms with Crippen LogP contribution in [-0.2, 0) is 0 Å². The molecule has 0 aliphatic carbocycles. The summed E-state index contributed by atoms with van der Waals surface area (Å²) in [5, 5.41) is 13.3. The molecule has 2 aromatic rings. The Morgan fingerprint density at radius 3 is 2.74 bits per heavy atom. The van der Waals surface area contributed by atoms with E-state index >= 15 is 0 Å². The highest BCUT2D eigenvalue weighted by Gasteiger charge is 2.09. The lowest BCUT2D eigenvalue weighted by Gasteiger charge is -2.11. The van der Waals surface area contributed by atoms with Gasteiger partial charge < -0.3 is 9.84 Å². The minimum atomic E-state index is -1.08. The van der Waals surface area contributed by atoms with E-state index in [0.29, 0.717) is 5.69 Å². The number of rotatable bonds is 6. The maximum Gasteiger partial charge on any atom is 0.337 e. The van der Waals surface area contributed by atoms with Crippen molar-refractivity contribution in [2.75, 3.05) is 5.43 Å². The molecule has 0 heterocycles. The third kappa shape index (κ3) is 4.72. The minimum absolute atomic E-state index is 0.0235. The Morgan fingerprint density at radius 2 is 2.04 bits per heavy atom. The first-order chi connectivity index (χ1) is 11.0. The van der Waals surface area contributed by atoms with Crippen LogP contribution in [0.25, 0.3) is 0 Å². The molecule has 0 bridgehead atoms. The molecular weight excluding hydrogens is 316 g/mol. The number of hydrogen-bond donors (Lipinski definition) is 2. The molecule has 0 saturated heterocycles. The molecule has 0 fully saturated rings. The molecule has 0 atom stereocenters. The van der Waals surface area contributed by atoms with E-state index in [1.54, 1.807) is 12.3 Å².